The smallest absolute Gasteiger partial charge is 0.180 e. The average Bonchev–Trinajstić information content (AvgIpc) is 3.21. The van der Waals surface area contributed by atoms with Gasteiger partial charge in [0, 0.05) is 36.7 Å². The summed E-state index contributed by atoms with van der Waals surface area (Å²) in [4.78, 5) is 8.82. The van der Waals surface area contributed by atoms with Crippen LogP contribution in [0, 0.1) is 5.82 Å². The molecule has 0 saturated heterocycles. The molecule has 0 spiro atoms. The molecule has 4 rings (SSSR count). The first-order valence-electron chi connectivity index (χ1n) is 8.80. The van der Waals surface area contributed by atoms with E-state index in [0.717, 1.165) is 24.1 Å². The van der Waals surface area contributed by atoms with E-state index in [1.165, 1.54) is 12.1 Å². The third-order valence-electron chi connectivity index (χ3n) is 5.04. The average molecular weight is 356 g/mol. The SMILES string of the molecule is O[C@@H]1[C@H](O)CC[C@H]1c1cnc2c(NCCc3ccc(F)cc3)nccn12. The number of aliphatic hydroxyl groups excluding tert-OH is 2. The molecule has 7 heteroatoms. The Morgan fingerprint density at radius 2 is 1.96 bits per heavy atom. The molecule has 1 aliphatic carbocycles. The quantitative estimate of drug-likeness (QED) is 0.652. The van der Waals surface area contributed by atoms with Crippen molar-refractivity contribution in [2.75, 3.05) is 11.9 Å². The van der Waals surface area contributed by atoms with E-state index in [0.29, 0.717) is 24.4 Å². The summed E-state index contributed by atoms with van der Waals surface area (Å²) in [6, 6.07) is 6.45. The molecule has 1 aromatic carbocycles. The number of rotatable bonds is 5. The van der Waals surface area contributed by atoms with Gasteiger partial charge in [-0.3, -0.25) is 4.40 Å². The molecule has 0 unspecified atom stereocenters. The fraction of sp³-hybridized carbons (Fsp3) is 0.368. The number of aromatic nitrogens is 3. The first-order chi connectivity index (χ1) is 12.6. The topological polar surface area (TPSA) is 82.7 Å². The molecule has 3 aromatic rings. The van der Waals surface area contributed by atoms with Crippen LogP contribution in [0.2, 0.25) is 0 Å². The highest BCUT2D eigenvalue weighted by Crippen LogP contribution is 2.35. The Morgan fingerprint density at radius 1 is 1.15 bits per heavy atom. The third-order valence-corrected chi connectivity index (χ3v) is 5.04. The van der Waals surface area contributed by atoms with Crippen molar-refractivity contribution in [2.24, 2.45) is 0 Å². The van der Waals surface area contributed by atoms with Gasteiger partial charge in [-0.05, 0) is 37.0 Å². The maximum absolute atomic E-state index is 13.0. The zero-order valence-electron chi connectivity index (χ0n) is 14.2. The van der Waals surface area contributed by atoms with Gasteiger partial charge in [-0.15, -0.1) is 0 Å². The van der Waals surface area contributed by atoms with E-state index < -0.39 is 12.2 Å². The number of nitrogens with zero attached hydrogens (tertiary/aromatic N) is 3. The monoisotopic (exact) mass is 356 g/mol. The Bertz CT molecular complexity index is 896. The molecular weight excluding hydrogens is 335 g/mol. The van der Waals surface area contributed by atoms with Crippen LogP contribution in [0.25, 0.3) is 5.65 Å². The first-order valence-corrected chi connectivity index (χ1v) is 8.80. The highest BCUT2D eigenvalue weighted by molar-refractivity contribution is 5.63. The van der Waals surface area contributed by atoms with Crippen molar-refractivity contribution in [2.45, 2.75) is 37.4 Å². The predicted molar refractivity (Wildman–Crippen MR) is 95.6 cm³/mol. The lowest BCUT2D eigenvalue weighted by Crippen LogP contribution is -2.24. The van der Waals surface area contributed by atoms with Crippen molar-refractivity contribution < 1.29 is 14.6 Å². The Hall–Kier alpha value is -2.51. The van der Waals surface area contributed by atoms with Gasteiger partial charge in [-0.1, -0.05) is 12.1 Å². The Morgan fingerprint density at radius 3 is 2.69 bits per heavy atom. The second-order valence-corrected chi connectivity index (χ2v) is 6.70. The number of aliphatic hydroxyl groups is 2. The van der Waals surface area contributed by atoms with Crippen LogP contribution in [0.4, 0.5) is 10.2 Å². The molecule has 0 bridgehead atoms. The summed E-state index contributed by atoms with van der Waals surface area (Å²) in [6.07, 6.45) is 5.87. The first kappa shape index (κ1) is 16.9. The van der Waals surface area contributed by atoms with Crippen molar-refractivity contribution in [1.29, 1.82) is 0 Å². The van der Waals surface area contributed by atoms with Crippen molar-refractivity contribution in [3.63, 3.8) is 0 Å². The van der Waals surface area contributed by atoms with E-state index in [-0.39, 0.29) is 11.7 Å². The highest BCUT2D eigenvalue weighted by atomic mass is 19.1. The molecule has 1 fully saturated rings. The van der Waals surface area contributed by atoms with Gasteiger partial charge in [-0.2, -0.15) is 0 Å². The summed E-state index contributed by atoms with van der Waals surface area (Å²) in [6.45, 7) is 0.644. The highest BCUT2D eigenvalue weighted by Gasteiger charge is 2.36. The zero-order valence-corrected chi connectivity index (χ0v) is 14.2. The fourth-order valence-corrected chi connectivity index (χ4v) is 3.60. The van der Waals surface area contributed by atoms with Gasteiger partial charge in [0.25, 0.3) is 0 Å². The molecule has 2 heterocycles. The lowest BCUT2D eigenvalue weighted by molar-refractivity contribution is 0.0345. The Balaban J connectivity index is 1.50. The van der Waals surface area contributed by atoms with Crippen LogP contribution in [-0.2, 0) is 6.42 Å². The fourth-order valence-electron chi connectivity index (χ4n) is 3.60. The van der Waals surface area contributed by atoms with E-state index in [2.05, 4.69) is 15.3 Å². The summed E-state index contributed by atoms with van der Waals surface area (Å²) in [5.41, 5.74) is 2.61. The normalized spacial score (nSPS) is 22.8. The molecule has 136 valence electrons. The van der Waals surface area contributed by atoms with Crippen LogP contribution in [0.5, 0.6) is 0 Å². The number of anilines is 1. The van der Waals surface area contributed by atoms with E-state index in [1.807, 2.05) is 10.6 Å². The van der Waals surface area contributed by atoms with Gasteiger partial charge in [0.15, 0.2) is 11.5 Å². The van der Waals surface area contributed by atoms with Crippen LogP contribution in [0.15, 0.2) is 42.9 Å². The Labute approximate surface area is 150 Å². The summed E-state index contributed by atoms with van der Waals surface area (Å²) in [7, 11) is 0. The van der Waals surface area contributed by atoms with E-state index in [9.17, 15) is 14.6 Å². The number of fused-ring (bicyclic) bond motifs is 1. The predicted octanol–water partition coefficient (Wildman–Crippen LogP) is 2.12. The van der Waals surface area contributed by atoms with Gasteiger partial charge in [0.1, 0.15) is 5.82 Å². The number of hydrogen-bond acceptors (Lipinski definition) is 5. The van der Waals surface area contributed by atoms with Gasteiger partial charge < -0.3 is 15.5 Å². The number of halogens is 1. The Kier molecular flexibility index (Phi) is 4.57. The van der Waals surface area contributed by atoms with Crippen LogP contribution in [0.1, 0.15) is 30.0 Å². The van der Waals surface area contributed by atoms with Crippen LogP contribution < -0.4 is 5.32 Å². The maximum Gasteiger partial charge on any atom is 0.180 e. The molecular formula is C19H21FN4O2. The molecule has 0 amide bonds. The minimum atomic E-state index is -0.766. The molecule has 0 aliphatic heterocycles. The van der Waals surface area contributed by atoms with Gasteiger partial charge in [-0.25, -0.2) is 14.4 Å². The molecule has 0 radical (unpaired) electrons. The molecule has 3 N–H and O–H groups in total. The summed E-state index contributed by atoms with van der Waals surface area (Å²) < 4.78 is 14.9. The molecule has 6 nitrogen and oxygen atoms in total. The number of nitrogens with one attached hydrogen (secondary N) is 1. The van der Waals surface area contributed by atoms with E-state index in [4.69, 9.17) is 0 Å². The van der Waals surface area contributed by atoms with Crippen molar-refractivity contribution in [3.8, 4) is 0 Å². The number of benzene rings is 1. The van der Waals surface area contributed by atoms with Gasteiger partial charge in [0.2, 0.25) is 0 Å². The van der Waals surface area contributed by atoms with Crippen molar-refractivity contribution >= 4 is 11.5 Å². The van der Waals surface area contributed by atoms with Crippen LogP contribution >= 0.6 is 0 Å². The summed E-state index contributed by atoms with van der Waals surface area (Å²) in [5, 5.41) is 23.3. The molecule has 3 atom stereocenters. The summed E-state index contributed by atoms with van der Waals surface area (Å²) >= 11 is 0. The van der Waals surface area contributed by atoms with Gasteiger partial charge in [0.05, 0.1) is 12.2 Å². The van der Waals surface area contributed by atoms with Crippen LogP contribution in [0.3, 0.4) is 0 Å². The second kappa shape index (κ2) is 7.01. The number of hydrogen-bond donors (Lipinski definition) is 3. The largest absolute Gasteiger partial charge is 0.390 e. The summed E-state index contributed by atoms with van der Waals surface area (Å²) in [5.74, 6) is 0.292. The van der Waals surface area contributed by atoms with Gasteiger partial charge >= 0.3 is 0 Å². The maximum atomic E-state index is 13.0. The minimum Gasteiger partial charge on any atom is -0.390 e. The van der Waals surface area contributed by atoms with Crippen LogP contribution in [-0.4, -0.2) is 43.3 Å². The van der Waals surface area contributed by atoms with Crippen molar-refractivity contribution in [3.05, 3.63) is 59.9 Å². The third kappa shape index (κ3) is 3.15. The number of imidazole rings is 1. The zero-order chi connectivity index (χ0) is 18.1. The molecule has 26 heavy (non-hydrogen) atoms. The van der Waals surface area contributed by atoms with Crippen molar-refractivity contribution in [1.82, 2.24) is 14.4 Å². The molecule has 2 aromatic heterocycles. The standard InChI is InChI=1S/C19H21FN4O2/c20-13-3-1-12(2-4-13)7-8-21-18-19-23-11-15(24(19)10-9-22-18)14-5-6-16(25)17(14)26/h1-4,9-11,14,16-17,25-26H,5-8H2,(H,21,22)/t14-,16+,17-/m0/s1. The molecule has 1 saturated carbocycles. The molecule has 1 aliphatic rings. The van der Waals surface area contributed by atoms with E-state index >= 15 is 0 Å². The minimum absolute atomic E-state index is 0.130. The lowest BCUT2D eigenvalue weighted by Gasteiger charge is -2.16. The van der Waals surface area contributed by atoms with E-state index in [1.54, 1.807) is 24.5 Å². The second-order valence-electron chi connectivity index (χ2n) is 6.70. The lowest BCUT2D eigenvalue weighted by atomic mass is 10.0.